The number of methoxy groups -OCH3 is 1. The smallest absolute Gasteiger partial charge is 0.417 e. The van der Waals surface area contributed by atoms with Crippen LogP contribution in [0.4, 0.5) is 13.2 Å². The number of hydrogen-bond donors (Lipinski definition) is 0. The van der Waals surface area contributed by atoms with Crippen molar-refractivity contribution in [2.45, 2.75) is 6.18 Å². The van der Waals surface area contributed by atoms with Crippen LogP contribution >= 0.6 is 23.2 Å². The molecule has 0 spiro atoms. The molecule has 0 radical (unpaired) electrons. The number of halogens is 5. The van der Waals surface area contributed by atoms with Gasteiger partial charge < -0.3 is 4.74 Å². The topological polar surface area (TPSA) is 9.23 Å². The minimum absolute atomic E-state index is 0.0934. The van der Waals surface area contributed by atoms with E-state index in [1.54, 1.807) is 0 Å². The summed E-state index contributed by atoms with van der Waals surface area (Å²) in [6.07, 6.45) is -4.51. The van der Waals surface area contributed by atoms with E-state index in [4.69, 9.17) is 27.9 Å². The fourth-order valence-electron chi connectivity index (χ4n) is 1.91. The average Bonchev–Trinajstić information content (AvgIpc) is 2.37. The maximum absolute atomic E-state index is 13.1. The Balaban J connectivity index is 2.77. The van der Waals surface area contributed by atoms with E-state index in [2.05, 4.69) is 0 Å². The first kappa shape index (κ1) is 15.0. The molecule has 2 aromatic rings. The molecule has 2 rings (SSSR count). The van der Waals surface area contributed by atoms with Crippen LogP contribution in [0.2, 0.25) is 10.0 Å². The molecule has 0 fully saturated rings. The van der Waals surface area contributed by atoms with Crippen LogP contribution in [0.25, 0.3) is 11.1 Å². The second-order valence-electron chi connectivity index (χ2n) is 4.00. The Hall–Kier alpha value is -1.39. The molecule has 0 bridgehead atoms. The van der Waals surface area contributed by atoms with Crippen molar-refractivity contribution in [3.8, 4) is 16.9 Å². The summed E-state index contributed by atoms with van der Waals surface area (Å²) >= 11 is 11.8. The van der Waals surface area contributed by atoms with Gasteiger partial charge in [-0.1, -0.05) is 35.3 Å². The lowest BCUT2D eigenvalue weighted by molar-refractivity contribution is -0.137. The van der Waals surface area contributed by atoms with E-state index in [1.165, 1.54) is 37.4 Å². The van der Waals surface area contributed by atoms with E-state index in [9.17, 15) is 13.2 Å². The largest absolute Gasteiger partial charge is 0.496 e. The molecule has 0 heterocycles. The number of rotatable bonds is 2. The lowest BCUT2D eigenvalue weighted by atomic mass is 9.98. The van der Waals surface area contributed by atoms with Crippen LogP contribution in [-0.4, -0.2) is 7.11 Å². The van der Waals surface area contributed by atoms with Gasteiger partial charge in [0.1, 0.15) is 5.75 Å². The normalized spacial score (nSPS) is 11.5. The first-order valence-electron chi connectivity index (χ1n) is 5.54. The molecule has 0 aliphatic rings. The monoisotopic (exact) mass is 320 g/mol. The summed E-state index contributed by atoms with van der Waals surface area (Å²) in [5.74, 6) is 0.101. The molecule has 0 unspecified atom stereocenters. The van der Waals surface area contributed by atoms with Crippen molar-refractivity contribution < 1.29 is 17.9 Å². The number of ether oxygens (including phenoxy) is 1. The summed E-state index contributed by atoms with van der Waals surface area (Å²) in [5, 5.41) is 0.481. The zero-order chi connectivity index (χ0) is 14.9. The van der Waals surface area contributed by atoms with Crippen molar-refractivity contribution in [3.05, 3.63) is 52.0 Å². The molecule has 2 aromatic carbocycles. The van der Waals surface area contributed by atoms with Gasteiger partial charge in [-0.05, 0) is 24.3 Å². The number of alkyl halides is 3. The Morgan fingerprint density at radius 3 is 2.30 bits per heavy atom. The van der Waals surface area contributed by atoms with Gasteiger partial charge in [-0.25, -0.2) is 0 Å². The highest BCUT2D eigenvalue weighted by atomic mass is 35.5. The molecule has 20 heavy (non-hydrogen) atoms. The molecule has 0 N–H and O–H groups in total. The van der Waals surface area contributed by atoms with Gasteiger partial charge in [0.15, 0.2) is 0 Å². The number of hydrogen-bond acceptors (Lipinski definition) is 1. The van der Waals surface area contributed by atoms with Crippen molar-refractivity contribution in [1.29, 1.82) is 0 Å². The van der Waals surface area contributed by atoms with Crippen LogP contribution in [0.3, 0.4) is 0 Å². The van der Waals surface area contributed by atoms with Crippen molar-refractivity contribution in [1.82, 2.24) is 0 Å². The van der Waals surface area contributed by atoms with Gasteiger partial charge in [0, 0.05) is 16.1 Å². The highest BCUT2D eigenvalue weighted by Crippen LogP contribution is 2.44. The molecule has 0 saturated heterocycles. The first-order valence-corrected chi connectivity index (χ1v) is 6.30. The second kappa shape index (κ2) is 5.54. The third-order valence-electron chi connectivity index (χ3n) is 2.75. The molecule has 106 valence electrons. The van der Waals surface area contributed by atoms with E-state index in [0.717, 1.165) is 6.07 Å². The van der Waals surface area contributed by atoms with E-state index in [0.29, 0.717) is 5.02 Å². The Bertz CT molecular complexity index is 639. The van der Waals surface area contributed by atoms with Gasteiger partial charge in [-0.2, -0.15) is 13.2 Å². The summed E-state index contributed by atoms with van der Waals surface area (Å²) < 4.78 is 44.4. The van der Waals surface area contributed by atoms with Crippen LogP contribution in [0.5, 0.6) is 5.75 Å². The van der Waals surface area contributed by atoms with Crippen LogP contribution in [0, 0.1) is 0 Å². The van der Waals surface area contributed by atoms with Crippen molar-refractivity contribution in [2.24, 2.45) is 0 Å². The van der Waals surface area contributed by atoms with Gasteiger partial charge in [-0.3, -0.25) is 0 Å². The van der Waals surface area contributed by atoms with Crippen molar-refractivity contribution in [3.63, 3.8) is 0 Å². The van der Waals surface area contributed by atoms with E-state index in [-0.39, 0.29) is 21.9 Å². The molecule has 0 aliphatic carbocycles. The van der Waals surface area contributed by atoms with E-state index < -0.39 is 11.7 Å². The highest BCUT2D eigenvalue weighted by Gasteiger charge is 2.35. The van der Waals surface area contributed by atoms with Crippen LogP contribution < -0.4 is 4.74 Å². The lowest BCUT2D eigenvalue weighted by Crippen LogP contribution is -2.08. The Morgan fingerprint density at radius 2 is 1.75 bits per heavy atom. The summed E-state index contributed by atoms with van der Waals surface area (Å²) in [5.41, 5.74) is -0.675. The predicted octanol–water partition coefficient (Wildman–Crippen LogP) is 5.69. The minimum Gasteiger partial charge on any atom is -0.496 e. The van der Waals surface area contributed by atoms with Gasteiger partial charge in [0.05, 0.1) is 17.7 Å². The standard InChI is InChI=1S/C14H9Cl2F3O/c1-20-12-4-2-3-10(14(17,18)19)13(12)9-6-5-8(15)7-11(9)16/h2-7H,1H3. The van der Waals surface area contributed by atoms with Gasteiger partial charge in [0.2, 0.25) is 0 Å². The molecule has 0 atom stereocenters. The molecule has 0 aromatic heterocycles. The predicted molar refractivity (Wildman–Crippen MR) is 73.5 cm³/mol. The fourth-order valence-corrected chi connectivity index (χ4v) is 2.41. The maximum atomic E-state index is 13.1. The SMILES string of the molecule is COc1cccc(C(F)(F)F)c1-c1ccc(Cl)cc1Cl. The van der Waals surface area contributed by atoms with E-state index in [1.807, 2.05) is 0 Å². The Kier molecular flexibility index (Phi) is 4.16. The highest BCUT2D eigenvalue weighted by molar-refractivity contribution is 6.36. The van der Waals surface area contributed by atoms with Crippen molar-refractivity contribution >= 4 is 23.2 Å². The van der Waals surface area contributed by atoms with E-state index >= 15 is 0 Å². The zero-order valence-corrected chi connectivity index (χ0v) is 11.8. The van der Waals surface area contributed by atoms with Crippen LogP contribution in [0.15, 0.2) is 36.4 Å². The summed E-state index contributed by atoms with van der Waals surface area (Å²) in [4.78, 5) is 0. The lowest BCUT2D eigenvalue weighted by Gasteiger charge is -2.17. The molecule has 0 amide bonds. The fraction of sp³-hybridized carbons (Fsp3) is 0.143. The average molecular weight is 321 g/mol. The van der Waals surface area contributed by atoms with Crippen molar-refractivity contribution in [2.75, 3.05) is 7.11 Å². The van der Waals surface area contributed by atoms with Gasteiger partial charge in [0.25, 0.3) is 0 Å². The quantitative estimate of drug-likeness (QED) is 0.690. The van der Waals surface area contributed by atoms with Crippen LogP contribution in [-0.2, 0) is 6.18 Å². The van der Waals surface area contributed by atoms with Gasteiger partial charge >= 0.3 is 6.18 Å². The second-order valence-corrected chi connectivity index (χ2v) is 4.85. The molecular formula is C14H9Cl2F3O. The summed E-state index contributed by atoms with van der Waals surface area (Å²) in [7, 11) is 1.31. The zero-order valence-electron chi connectivity index (χ0n) is 10.3. The summed E-state index contributed by atoms with van der Waals surface area (Å²) in [6, 6.07) is 8.05. The van der Waals surface area contributed by atoms with Gasteiger partial charge in [-0.15, -0.1) is 0 Å². The third-order valence-corrected chi connectivity index (χ3v) is 3.30. The molecular weight excluding hydrogens is 312 g/mol. The number of benzene rings is 2. The minimum atomic E-state index is -4.51. The van der Waals surface area contributed by atoms with Crippen LogP contribution in [0.1, 0.15) is 5.56 Å². The Labute approximate surface area is 123 Å². The third kappa shape index (κ3) is 2.86. The molecule has 6 heteroatoms. The first-order chi connectivity index (χ1) is 9.34. The molecule has 1 nitrogen and oxygen atoms in total. The molecule has 0 saturated carbocycles. The summed E-state index contributed by atoms with van der Waals surface area (Å²) in [6.45, 7) is 0. The Morgan fingerprint density at radius 1 is 1.05 bits per heavy atom. The molecule has 0 aliphatic heterocycles. The maximum Gasteiger partial charge on any atom is 0.417 e.